The highest BCUT2D eigenvalue weighted by Gasteiger charge is 2.35. The Bertz CT molecular complexity index is 901. The van der Waals surface area contributed by atoms with Crippen LogP contribution < -0.4 is 14.4 Å². The number of nitrogens with zero attached hydrogens (tertiary/aromatic N) is 1. The van der Waals surface area contributed by atoms with E-state index in [9.17, 15) is 13.5 Å². The molecular weight excluding hydrogens is 364 g/mol. The fraction of sp³-hybridized carbons (Fsp3) is 0.400. The van der Waals surface area contributed by atoms with Gasteiger partial charge in [0.05, 0.1) is 24.4 Å². The maximum atomic E-state index is 13.2. The van der Waals surface area contributed by atoms with Crippen LogP contribution >= 0.6 is 0 Å². The molecule has 2 atom stereocenters. The lowest BCUT2D eigenvalue weighted by molar-refractivity contribution is 0.265. The standard InChI is InChI=1S/C20H24N2O4S/c23-13-17-8-5-11-22(17)18-9-4-10-19-20(18)27(24,25)21-16(14-26-19)12-15-6-2-1-3-7-15/h1-4,6-7,9-10,16-17,21,23H,5,8,11-14H2/t16-,17-/m1/s1. The van der Waals surface area contributed by atoms with Gasteiger partial charge in [-0.1, -0.05) is 36.4 Å². The number of anilines is 1. The molecule has 0 aromatic heterocycles. The zero-order valence-corrected chi connectivity index (χ0v) is 15.9. The van der Waals surface area contributed by atoms with Gasteiger partial charge in [0.2, 0.25) is 10.0 Å². The Morgan fingerprint density at radius 2 is 1.96 bits per heavy atom. The second-order valence-electron chi connectivity index (χ2n) is 7.10. The van der Waals surface area contributed by atoms with Crippen molar-refractivity contribution < 1.29 is 18.3 Å². The first-order valence-electron chi connectivity index (χ1n) is 9.28. The van der Waals surface area contributed by atoms with E-state index in [1.807, 2.05) is 41.3 Å². The van der Waals surface area contributed by atoms with Crippen LogP contribution in [-0.4, -0.2) is 45.4 Å². The monoisotopic (exact) mass is 388 g/mol. The molecule has 6 nitrogen and oxygen atoms in total. The van der Waals surface area contributed by atoms with Crippen LogP contribution in [0.15, 0.2) is 53.4 Å². The van der Waals surface area contributed by atoms with Crippen LogP contribution in [0.5, 0.6) is 5.75 Å². The van der Waals surface area contributed by atoms with Gasteiger partial charge in [0.15, 0.2) is 0 Å². The molecule has 4 rings (SSSR count). The zero-order chi connectivity index (χ0) is 18.9. The minimum absolute atomic E-state index is 0.00856. The summed E-state index contributed by atoms with van der Waals surface area (Å²) in [5, 5.41) is 9.66. The largest absolute Gasteiger partial charge is 0.490 e. The van der Waals surface area contributed by atoms with E-state index in [1.165, 1.54) is 0 Å². The number of sulfonamides is 1. The molecule has 144 valence electrons. The van der Waals surface area contributed by atoms with Crippen molar-refractivity contribution >= 4 is 15.7 Å². The van der Waals surface area contributed by atoms with Gasteiger partial charge in [-0.2, -0.15) is 0 Å². The number of ether oxygens (including phenoxy) is 1. The number of hydrogen-bond donors (Lipinski definition) is 2. The number of aliphatic hydroxyl groups is 1. The smallest absolute Gasteiger partial charge is 0.246 e. The number of rotatable bonds is 4. The van der Waals surface area contributed by atoms with Crippen LogP contribution in [0.4, 0.5) is 5.69 Å². The van der Waals surface area contributed by atoms with Crippen molar-refractivity contribution in [2.45, 2.75) is 36.2 Å². The number of hydrogen-bond acceptors (Lipinski definition) is 5. The first-order chi connectivity index (χ1) is 13.1. The number of fused-ring (bicyclic) bond motifs is 1. The second-order valence-corrected chi connectivity index (χ2v) is 8.75. The van der Waals surface area contributed by atoms with Crippen molar-refractivity contribution in [3.63, 3.8) is 0 Å². The first-order valence-corrected chi connectivity index (χ1v) is 10.8. The van der Waals surface area contributed by atoms with Crippen LogP contribution in [0, 0.1) is 0 Å². The van der Waals surface area contributed by atoms with E-state index in [2.05, 4.69) is 4.72 Å². The molecule has 0 amide bonds. The molecule has 0 unspecified atom stereocenters. The molecule has 27 heavy (non-hydrogen) atoms. The van der Waals surface area contributed by atoms with Gasteiger partial charge in [-0.25, -0.2) is 13.1 Å². The van der Waals surface area contributed by atoms with Crippen molar-refractivity contribution in [3.05, 3.63) is 54.1 Å². The van der Waals surface area contributed by atoms with Crippen LogP contribution in [0.1, 0.15) is 18.4 Å². The van der Waals surface area contributed by atoms with Gasteiger partial charge in [-0.15, -0.1) is 0 Å². The van der Waals surface area contributed by atoms with Gasteiger partial charge in [-0.3, -0.25) is 0 Å². The van der Waals surface area contributed by atoms with Gasteiger partial charge in [-0.05, 0) is 37.0 Å². The highest BCUT2D eigenvalue weighted by Crippen LogP contribution is 2.38. The first kappa shape index (κ1) is 18.3. The van der Waals surface area contributed by atoms with Crippen molar-refractivity contribution in [1.29, 1.82) is 0 Å². The minimum Gasteiger partial charge on any atom is -0.490 e. The van der Waals surface area contributed by atoms with E-state index >= 15 is 0 Å². The zero-order valence-electron chi connectivity index (χ0n) is 15.0. The van der Waals surface area contributed by atoms with E-state index in [4.69, 9.17) is 4.74 Å². The third-order valence-electron chi connectivity index (χ3n) is 5.21. The molecule has 2 heterocycles. The van der Waals surface area contributed by atoms with Gasteiger partial charge in [0.1, 0.15) is 17.3 Å². The lowest BCUT2D eigenvalue weighted by atomic mass is 10.1. The Kier molecular flexibility index (Phi) is 5.08. The van der Waals surface area contributed by atoms with E-state index in [0.29, 0.717) is 17.9 Å². The highest BCUT2D eigenvalue weighted by molar-refractivity contribution is 7.89. The molecular formula is C20H24N2O4S. The van der Waals surface area contributed by atoms with Crippen molar-refractivity contribution in [1.82, 2.24) is 4.72 Å². The third kappa shape index (κ3) is 3.67. The Labute approximate surface area is 159 Å². The van der Waals surface area contributed by atoms with Crippen LogP contribution in [0.25, 0.3) is 0 Å². The number of nitrogens with one attached hydrogen (secondary N) is 1. The summed E-state index contributed by atoms with van der Waals surface area (Å²) in [4.78, 5) is 2.17. The highest BCUT2D eigenvalue weighted by atomic mass is 32.2. The molecule has 0 saturated carbocycles. The number of aliphatic hydroxyl groups excluding tert-OH is 1. The lowest BCUT2D eigenvalue weighted by Crippen LogP contribution is -2.39. The topological polar surface area (TPSA) is 78.9 Å². The summed E-state index contributed by atoms with van der Waals surface area (Å²) in [6.07, 6.45) is 2.34. The van der Waals surface area contributed by atoms with Crippen LogP contribution in [-0.2, 0) is 16.4 Å². The molecule has 0 spiro atoms. The summed E-state index contributed by atoms with van der Waals surface area (Å²) < 4.78 is 35.1. The fourth-order valence-electron chi connectivity index (χ4n) is 3.96. The van der Waals surface area contributed by atoms with Crippen molar-refractivity contribution in [2.75, 3.05) is 24.7 Å². The Morgan fingerprint density at radius 1 is 1.15 bits per heavy atom. The molecule has 0 bridgehead atoms. The molecule has 2 aliphatic heterocycles. The van der Waals surface area contributed by atoms with Crippen molar-refractivity contribution in [3.8, 4) is 5.75 Å². The maximum Gasteiger partial charge on any atom is 0.246 e. The average molecular weight is 388 g/mol. The summed E-state index contributed by atoms with van der Waals surface area (Å²) in [6, 6.07) is 14.7. The van der Waals surface area contributed by atoms with Crippen LogP contribution in [0.2, 0.25) is 0 Å². The van der Waals surface area contributed by atoms with E-state index < -0.39 is 10.0 Å². The minimum atomic E-state index is -3.75. The number of benzene rings is 2. The quantitative estimate of drug-likeness (QED) is 0.837. The SMILES string of the molecule is O=S1(=O)N[C@H](Cc2ccccc2)COc2cccc(N3CCC[C@@H]3CO)c21. The van der Waals surface area contributed by atoms with E-state index in [0.717, 1.165) is 24.9 Å². The molecule has 1 fully saturated rings. The van der Waals surface area contributed by atoms with Crippen LogP contribution in [0.3, 0.4) is 0 Å². The molecule has 7 heteroatoms. The average Bonchev–Trinajstić information content (AvgIpc) is 3.10. The lowest BCUT2D eigenvalue weighted by Gasteiger charge is -2.27. The Hall–Kier alpha value is -2.09. The maximum absolute atomic E-state index is 13.2. The molecule has 2 aliphatic rings. The van der Waals surface area contributed by atoms with E-state index in [-0.39, 0.29) is 30.2 Å². The normalized spacial score (nSPS) is 24.1. The third-order valence-corrected chi connectivity index (χ3v) is 6.80. The summed E-state index contributed by atoms with van der Waals surface area (Å²) in [7, 11) is -3.75. The van der Waals surface area contributed by atoms with Gasteiger partial charge in [0, 0.05) is 6.54 Å². The fourth-order valence-corrected chi connectivity index (χ4v) is 5.52. The molecule has 2 aromatic rings. The molecule has 1 saturated heterocycles. The molecule has 2 aromatic carbocycles. The van der Waals surface area contributed by atoms with Gasteiger partial charge < -0.3 is 14.7 Å². The summed E-state index contributed by atoms with van der Waals surface area (Å²) >= 11 is 0. The molecule has 0 radical (unpaired) electrons. The van der Waals surface area contributed by atoms with Gasteiger partial charge in [0.25, 0.3) is 0 Å². The Balaban J connectivity index is 1.67. The van der Waals surface area contributed by atoms with Crippen molar-refractivity contribution in [2.24, 2.45) is 0 Å². The predicted octanol–water partition coefficient (Wildman–Crippen LogP) is 1.93. The Morgan fingerprint density at radius 3 is 2.74 bits per heavy atom. The molecule has 0 aliphatic carbocycles. The van der Waals surface area contributed by atoms with Gasteiger partial charge >= 0.3 is 0 Å². The summed E-state index contributed by atoms with van der Waals surface area (Å²) in [5.74, 6) is 0.374. The molecule has 2 N–H and O–H groups in total. The predicted molar refractivity (Wildman–Crippen MR) is 104 cm³/mol. The summed E-state index contributed by atoms with van der Waals surface area (Å²) in [6.45, 7) is 1.01. The van der Waals surface area contributed by atoms with E-state index in [1.54, 1.807) is 12.1 Å². The summed E-state index contributed by atoms with van der Waals surface area (Å²) in [5.41, 5.74) is 1.66. The second kappa shape index (κ2) is 7.50.